The number of aromatic nitrogens is 1. The molecule has 3 heterocycles. The molecule has 0 N–H and O–H groups in total. The monoisotopic (exact) mass is 279 g/mol. The molecule has 1 aromatic heterocycles. The molecule has 2 aliphatic heterocycles. The lowest BCUT2D eigenvalue weighted by Crippen LogP contribution is -2.48. The van der Waals surface area contributed by atoms with Crippen LogP contribution in [0.25, 0.3) is 0 Å². The van der Waals surface area contributed by atoms with E-state index in [2.05, 4.69) is 14.8 Å². The molecular weight excluding hydrogens is 254 g/mol. The van der Waals surface area contributed by atoms with Crippen LogP contribution in [0.15, 0.2) is 4.42 Å². The predicted molar refractivity (Wildman–Crippen MR) is 76.7 cm³/mol. The Hall–Kier alpha value is -0.910. The first kappa shape index (κ1) is 14.0. The molecule has 112 valence electrons. The van der Waals surface area contributed by atoms with Gasteiger partial charge in [-0.3, -0.25) is 9.80 Å². The van der Waals surface area contributed by atoms with Crippen molar-refractivity contribution in [3.63, 3.8) is 0 Å². The van der Waals surface area contributed by atoms with Crippen LogP contribution >= 0.6 is 0 Å². The molecule has 0 spiro atoms. The smallest absolute Gasteiger partial charge is 0.208 e. The molecule has 2 aliphatic rings. The summed E-state index contributed by atoms with van der Waals surface area (Å²) in [4.78, 5) is 9.42. The van der Waals surface area contributed by atoms with Crippen molar-refractivity contribution in [3.05, 3.63) is 17.3 Å². The number of hydrogen-bond acceptors (Lipinski definition) is 5. The minimum atomic E-state index is 0.471. The van der Waals surface area contributed by atoms with E-state index in [0.29, 0.717) is 6.10 Å². The van der Waals surface area contributed by atoms with Crippen molar-refractivity contribution >= 4 is 0 Å². The average molecular weight is 279 g/mol. The Labute approximate surface area is 120 Å². The van der Waals surface area contributed by atoms with Crippen molar-refractivity contribution in [2.75, 3.05) is 39.3 Å². The molecule has 1 aromatic rings. The first-order chi connectivity index (χ1) is 9.70. The lowest BCUT2D eigenvalue weighted by atomic mass is 10.2. The zero-order valence-corrected chi connectivity index (χ0v) is 12.6. The van der Waals surface area contributed by atoms with Gasteiger partial charge in [-0.2, -0.15) is 0 Å². The maximum atomic E-state index is 5.71. The second-order valence-corrected chi connectivity index (χ2v) is 5.96. The summed E-state index contributed by atoms with van der Waals surface area (Å²) >= 11 is 0. The van der Waals surface area contributed by atoms with Gasteiger partial charge < -0.3 is 9.15 Å². The Morgan fingerprint density at radius 2 is 1.90 bits per heavy atom. The fraction of sp³-hybridized carbons (Fsp3) is 0.800. The molecule has 5 heteroatoms. The number of aryl methyl sites for hydroxylation is 2. The van der Waals surface area contributed by atoms with Crippen LogP contribution in [-0.4, -0.2) is 60.2 Å². The lowest BCUT2D eigenvalue weighted by molar-refractivity contribution is 0.0472. The Morgan fingerprint density at radius 3 is 2.50 bits per heavy atom. The average Bonchev–Trinajstić information content (AvgIpc) is 3.03. The van der Waals surface area contributed by atoms with Crippen LogP contribution in [0.2, 0.25) is 0 Å². The van der Waals surface area contributed by atoms with Crippen molar-refractivity contribution in [1.82, 2.24) is 14.8 Å². The lowest BCUT2D eigenvalue weighted by Gasteiger charge is -2.35. The summed E-state index contributed by atoms with van der Waals surface area (Å²) in [5.41, 5.74) is 1.01. The largest absolute Gasteiger partial charge is 0.444 e. The molecule has 1 atom stereocenters. The van der Waals surface area contributed by atoms with Crippen molar-refractivity contribution in [2.45, 2.75) is 39.3 Å². The van der Waals surface area contributed by atoms with Crippen LogP contribution < -0.4 is 0 Å². The number of hydrogen-bond donors (Lipinski definition) is 0. The van der Waals surface area contributed by atoms with Gasteiger partial charge in [0.25, 0.3) is 0 Å². The summed E-state index contributed by atoms with van der Waals surface area (Å²) < 4.78 is 11.4. The molecular formula is C15H25N3O2. The van der Waals surface area contributed by atoms with Gasteiger partial charge in [0, 0.05) is 39.3 Å². The predicted octanol–water partition coefficient (Wildman–Crippen LogP) is 1.59. The molecule has 0 amide bonds. The fourth-order valence-corrected chi connectivity index (χ4v) is 3.00. The van der Waals surface area contributed by atoms with Crippen LogP contribution in [0.5, 0.6) is 0 Å². The summed E-state index contributed by atoms with van der Waals surface area (Å²) in [5, 5.41) is 0. The van der Waals surface area contributed by atoms with Gasteiger partial charge in [0.1, 0.15) is 5.76 Å². The standard InChI is InChI=1S/C15H25N3O2/c1-12-13(2)20-15(16-12)11-18-7-5-17(6-8-18)10-14-4-3-9-19-14/h14H,3-11H2,1-2H3. The van der Waals surface area contributed by atoms with Gasteiger partial charge >= 0.3 is 0 Å². The number of oxazole rings is 1. The van der Waals surface area contributed by atoms with E-state index in [0.717, 1.165) is 63.2 Å². The summed E-state index contributed by atoms with van der Waals surface area (Å²) in [6.45, 7) is 11.3. The van der Waals surface area contributed by atoms with E-state index in [9.17, 15) is 0 Å². The second-order valence-electron chi connectivity index (χ2n) is 5.96. The number of piperazine rings is 1. The SMILES string of the molecule is Cc1nc(CN2CCN(CC3CCCO3)CC2)oc1C. The number of ether oxygens (including phenoxy) is 1. The van der Waals surface area contributed by atoms with E-state index in [1.807, 2.05) is 13.8 Å². The van der Waals surface area contributed by atoms with E-state index in [1.165, 1.54) is 12.8 Å². The minimum absolute atomic E-state index is 0.471. The Bertz CT molecular complexity index is 413. The van der Waals surface area contributed by atoms with Crippen molar-refractivity contribution in [1.29, 1.82) is 0 Å². The zero-order valence-electron chi connectivity index (χ0n) is 12.6. The third-order valence-electron chi connectivity index (χ3n) is 4.38. The summed E-state index contributed by atoms with van der Waals surface area (Å²) in [7, 11) is 0. The van der Waals surface area contributed by atoms with Crippen LogP contribution in [-0.2, 0) is 11.3 Å². The molecule has 5 nitrogen and oxygen atoms in total. The highest BCUT2D eigenvalue weighted by molar-refractivity contribution is 5.05. The van der Waals surface area contributed by atoms with Crippen molar-refractivity contribution < 1.29 is 9.15 Å². The van der Waals surface area contributed by atoms with Gasteiger partial charge in [0.15, 0.2) is 0 Å². The second kappa shape index (κ2) is 6.24. The molecule has 0 bridgehead atoms. The topological polar surface area (TPSA) is 41.7 Å². The Balaban J connectivity index is 1.43. The van der Waals surface area contributed by atoms with Crippen LogP contribution in [0.1, 0.15) is 30.2 Å². The maximum absolute atomic E-state index is 5.71. The van der Waals surface area contributed by atoms with E-state index < -0.39 is 0 Å². The van der Waals surface area contributed by atoms with E-state index in [1.54, 1.807) is 0 Å². The summed E-state index contributed by atoms with van der Waals surface area (Å²) in [6, 6.07) is 0. The molecule has 0 aliphatic carbocycles. The van der Waals surface area contributed by atoms with Gasteiger partial charge in [-0.25, -0.2) is 4.98 Å². The highest BCUT2D eigenvalue weighted by atomic mass is 16.5. The molecule has 0 aromatic carbocycles. The molecule has 2 fully saturated rings. The zero-order chi connectivity index (χ0) is 13.9. The fourth-order valence-electron chi connectivity index (χ4n) is 3.00. The quantitative estimate of drug-likeness (QED) is 0.837. The van der Waals surface area contributed by atoms with Gasteiger partial charge in [-0.15, -0.1) is 0 Å². The van der Waals surface area contributed by atoms with Gasteiger partial charge in [-0.05, 0) is 26.7 Å². The highest BCUT2D eigenvalue weighted by Crippen LogP contribution is 2.16. The first-order valence-corrected chi connectivity index (χ1v) is 7.70. The highest BCUT2D eigenvalue weighted by Gasteiger charge is 2.23. The third-order valence-corrected chi connectivity index (χ3v) is 4.38. The first-order valence-electron chi connectivity index (χ1n) is 7.70. The molecule has 0 saturated carbocycles. The number of nitrogens with zero attached hydrogens (tertiary/aromatic N) is 3. The Morgan fingerprint density at radius 1 is 1.15 bits per heavy atom. The van der Waals surface area contributed by atoms with Crippen LogP contribution in [0.4, 0.5) is 0 Å². The van der Waals surface area contributed by atoms with E-state index in [-0.39, 0.29) is 0 Å². The van der Waals surface area contributed by atoms with Crippen molar-refractivity contribution in [3.8, 4) is 0 Å². The number of rotatable bonds is 4. The van der Waals surface area contributed by atoms with E-state index in [4.69, 9.17) is 9.15 Å². The minimum Gasteiger partial charge on any atom is -0.444 e. The maximum Gasteiger partial charge on any atom is 0.208 e. The molecule has 20 heavy (non-hydrogen) atoms. The Kier molecular flexibility index (Phi) is 4.38. The molecule has 1 unspecified atom stereocenters. The molecule has 3 rings (SSSR count). The molecule has 2 saturated heterocycles. The van der Waals surface area contributed by atoms with Crippen LogP contribution in [0.3, 0.4) is 0 Å². The normalized spacial score (nSPS) is 25.4. The van der Waals surface area contributed by atoms with Crippen LogP contribution in [0, 0.1) is 13.8 Å². The van der Waals surface area contributed by atoms with E-state index >= 15 is 0 Å². The summed E-state index contributed by atoms with van der Waals surface area (Å²) in [6.07, 6.45) is 2.93. The van der Waals surface area contributed by atoms with Gasteiger partial charge in [0.2, 0.25) is 5.89 Å². The van der Waals surface area contributed by atoms with Crippen molar-refractivity contribution in [2.24, 2.45) is 0 Å². The molecule has 0 radical (unpaired) electrons. The third kappa shape index (κ3) is 3.40. The summed E-state index contributed by atoms with van der Waals surface area (Å²) in [5.74, 6) is 1.80. The van der Waals surface area contributed by atoms with Gasteiger partial charge in [0.05, 0.1) is 18.3 Å². The van der Waals surface area contributed by atoms with Gasteiger partial charge in [-0.1, -0.05) is 0 Å².